The summed E-state index contributed by atoms with van der Waals surface area (Å²) in [6, 6.07) is 26.3. The zero-order valence-electron chi connectivity index (χ0n) is 19.5. The Morgan fingerprint density at radius 3 is 1.97 bits per heavy atom. The van der Waals surface area contributed by atoms with Crippen molar-refractivity contribution in [3.05, 3.63) is 96.1 Å². The third-order valence-electron chi connectivity index (χ3n) is 5.19. The van der Waals surface area contributed by atoms with Gasteiger partial charge in [0, 0.05) is 0 Å². The van der Waals surface area contributed by atoms with Crippen molar-refractivity contribution in [3.63, 3.8) is 0 Å². The van der Waals surface area contributed by atoms with E-state index in [-0.39, 0.29) is 6.16 Å². The number of hydrogen-bond donors (Lipinski definition) is 0. The van der Waals surface area contributed by atoms with Gasteiger partial charge in [-0.05, 0) is 54.8 Å². The lowest BCUT2D eigenvalue weighted by molar-refractivity contribution is 0.388. The molecule has 174 valence electrons. The molecule has 0 fully saturated rings. The Bertz CT molecular complexity index is 1000. The van der Waals surface area contributed by atoms with E-state index in [1.807, 2.05) is 60.7 Å². The Kier molecular flexibility index (Phi) is 9.65. The highest BCUT2D eigenvalue weighted by molar-refractivity contribution is 7.55. The average molecular weight is 465 g/mol. The lowest BCUT2D eigenvalue weighted by Crippen LogP contribution is -2.07. The van der Waals surface area contributed by atoms with Crippen LogP contribution >= 0.6 is 7.60 Å². The van der Waals surface area contributed by atoms with Gasteiger partial charge in [0.05, 0.1) is 13.3 Å². The molecule has 0 spiro atoms. The van der Waals surface area contributed by atoms with E-state index in [9.17, 15) is 4.57 Å². The van der Waals surface area contributed by atoms with Crippen molar-refractivity contribution in [3.8, 4) is 17.2 Å². The number of ether oxygens (including phenoxy) is 1. The van der Waals surface area contributed by atoms with Gasteiger partial charge in [-0.15, -0.1) is 0 Å². The standard InChI is InChI=1S/C28H33O4P/c1-3-4-5-8-14-25(21-24-15-13-20-28(22-24)30-2)23-33(29,31-26-16-9-6-10-17-26)32-27-18-11-7-12-19-27/h6-7,9-13,15-22H,3-5,8,14,23H2,1-2H3/b25-21+. The molecule has 0 N–H and O–H groups in total. The molecule has 0 radical (unpaired) electrons. The van der Waals surface area contributed by atoms with E-state index in [1.54, 1.807) is 31.4 Å². The molecule has 0 heterocycles. The Morgan fingerprint density at radius 1 is 0.788 bits per heavy atom. The summed E-state index contributed by atoms with van der Waals surface area (Å²) in [4.78, 5) is 0. The van der Waals surface area contributed by atoms with E-state index >= 15 is 0 Å². The Labute approximate surface area is 197 Å². The monoisotopic (exact) mass is 464 g/mol. The van der Waals surface area contributed by atoms with Crippen molar-refractivity contribution in [2.24, 2.45) is 0 Å². The van der Waals surface area contributed by atoms with Crippen LogP contribution in [0.1, 0.15) is 44.6 Å². The predicted octanol–water partition coefficient (Wildman–Crippen LogP) is 8.40. The van der Waals surface area contributed by atoms with E-state index in [0.717, 1.165) is 36.1 Å². The van der Waals surface area contributed by atoms with Crippen molar-refractivity contribution in [2.75, 3.05) is 13.3 Å². The zero-order chi connectivity index (χ0) is 23.4. The topological polar surface area (TPSA) is 44.8 Å². The first kappa shape index (κ1) is 24.7. The maximum Gasteiger partial charge on any atom is 0.434 e. The summed E-state index contributed by atoms with van der Waals surface area (Å²) < 4.78 is 31.5. The number of allylic oxidation sites excluding steroid dienone is 1. The second kappa shape index (κ2) is 12.9. The lowest BCUT2D eigenvalue weighted by atomic mass is 10.0. The number of rotatable bonds is 13. The van der Waals surface area contributed by atoms with Crippen LogP contribution in [0.2, 0.25) is 0 Å². The van der Waals surface area contributed by atoms with Gasteiger partial charge in [-0.1, -0.05) is 86.4 Å². The van der Waals surface area contributed by atoms with Crippen LogP contribution in [-0.4, -0.2) is 13.3 Å². The maximum absolute atomic E-state index is 14.1. The van der Waals surface area contributed by atoms with Crippen molar-refractivity contribution >= 4 is 13.7 Å². The van der Waals surface area contributed by atoms with Crippen LogP contribution < -0.4 is 13.8 Å². The highest BCUT2D eigenvalue weighted by Crippen LogP contribution is 2.50. The maximum atomic E-state index is 14.1. The molecule has 0 atom stereocenters. The van der Waals surface area contributed by atoms with Crippen molar-refractivity contribution in [1.29, 1.82) is 0 Å². The molecule has 0 saturated carbocycles. The van der Waals surface area contributed by atoms with Gasteiger partial charge in [0.25, 0.3) is 0 Å². The second-order valence-corrected chi connectivity index (χ2v) is 9.87. The fourth-order valence-electron chi connectivity index (χ4n) is 3.56. The highest BCUT2D eigenvalue weighted by Gasteiger charge is 2.30. The first-order valence-electron chi connectivity index (χ1n) is 11.5. The van der Waals surface area contributed by atoms with Crippen molar-refractivity contribution in [1.82, 2.24) is 0 Å². The normalized spacial score (nSPS) is 11.8. The Balaban J connectivity index is 1.90. The lowest BCUT2D eigenvalue weighted by Gasteiger charge is -2.21. The molecule has 0 amide bonds. The minimum absolute atomic E-state index is 0.208. The van der Waals surface area contributed by atoms with Crippen LogP contribution in [0, 0.1) is 0 Å². The molecule has 0 bridgehead atoms. The zero-order valence-corrected chi connectivity index (χ0v) is 20.4. The second-order valence-electron chi connectivity index (χ2n) is 7.97. The molecule has 4 nitrogen and oxygen atoms in total. The molecule has 0 aromatic heterocycles. The summed E-state index contributed by atoms with van der Waals surface area (Å²) in [7, 11) is -1.87. The van der Waals surface area contributed by atoms with Gasteiger partial charge < -0.3 is 13.8 Å². The highest BCUT2D eigenvalue weighted by atomic mass is 31.2. The summed E-state index contributed by atoms with van der Waals surface area (Å²) in [6.07, 6.45) is 7.64. The van der Waals surface area contributed by atoms with E-state index in [1.165, 1.54) is 12.8 Å². The van der Waals surface area contributed by atoms with Crippen LogP contribution in [0.3, 0.4) is 0 Å². The molecule has 0 saturated heterocycles. The molecular formula is C28H33O4P. The molecule has 0 aliphatic heterocycles. The average Bonchev–Trinajstić information content (AvgIpc) is 2.83. The summed E-state index contributed by atoms with van der Waals surface area (Å²) in [5, 5.41) is 0. The summed E-state index contributed by atoms with van der Waals surface area (Å²) in [5.74, 6) is 1.85. The molecule has 0 aliphatic rings. The first-order valence-corrected chi connectivity index (χ1v) is 13.2. The molecule has 3 aromatic rings. The predicted molar refractivity (Wildman–Crippen MR) is 136 cm³/mol. The van der Waals surface area contributed by atoms with Crippen LogP contribution in [0.25, 0.3) is 6.08 Å². The van der Waals surface area contributed by atoms with Gasteiger partial charge in [-0.3, -0.25) is 0 Å². The summed E-state index contributed by atoms with van der Waals surface area (Å²) >= 11 is 0. The number of methoxy groups -OCH3 is 1. The van der Waals surface area contributed by atoms with E-state index in [2.05, 4.69) is 13.0 Å². The molecule has 0 unspecified atom stereocenters. The third-order valence-corrected chi connectivity index (χ3v) is 6.96. The van der Waals surface area contributed by atoms with E-state index in [0.29, 0.717) is 11.5 Å². The number of unbranched alkanes of at least 4 members (excludes halogenated alkanes) is 3. The van der Waals surface area contributed by atoms with Crippen LogP contribution in [-0.2, 0) is 4.57 Å². The van der Waals surface area contributed by atoms with Gasteiger partial charge in [0.15, 0.2) is 0 Å². The van der Waals surface area contributed by atoms with E-state index < -0.39 is 7.60 Å². The van der Waals surface area contributed by atoms with Gasteiger partial charge in [0.2, 0.25) is 0 Å². The van der Waals surface area contributed by atoms with Crippen molar-refractivity contribution < 1.29 is 18.3 Å². The minimum atomic E-state index is -3.53. The Hall–Kier alpha value is -2.97. The van der Waals surface area contributed by atoms with Gasteiger partial charge in [-0.2, -0.15) is 0 Å². The first-order chi connectivity index (χ1) is 16.1. The van der Waals surface area contributed by atoms with Crippen LogP contribution in [0.4, 0.5) is 0 Å². The fraction of sp³-hybridized carbons (Fsp3) is 0.286. The minimum Gasteiger partial charge on any atom is -0.497 e. The van der Waals surface area contributed by atoms with Gasteiger partial charge in [0.1, 0.15) is 17.2 Å². The van der Waals surface area contributed by atoms with Crippen molar-refractivity contribution in [2.45, 2.75) is 39.0 Å². The van der Waals surface area contributed by atoms with Crippen LogP contribution in [0.5, 0.6) is 17.2 Å². The Morgan fingerprint density at radius 2 is 1.39 bits per heavy atom. The number of hydrogen-bond acceptors (Lipinski definition) is 4. The molecule has 33 heavy (non-hydrogen) atoms. The molecule has 5 heteroatoms. The summed E-state index contributed by atoms with van der Waals surface area (Å²) in [6.45, 7) is 2.20. The third kappa shape index (κ3) is 8.47. The molecule has 3 aromatic carbocycles. The number of benzene rings is 3. The molecular weight excluding hydrogens is 431 g/mol. The molecule has 0 aliphatic carbocycles. The van der Waals surface area contributed by atoms with Gasteiger partial charge in [-0.25, -0.2) is 4.57 Å². The number of para-hydroxylation sites is 2. The van der Waals surface area contributed by atoms with E-state index in [4.69, 9.17) is 13.8 Å². The summed E-state index contributed by atoms with van der Waals surface area (Å²) in [5.41, 5.74) is 2.04. The van der Waals surface area contributed by atoms with Gasteiger partial charge >= 0.3 is 7.60 Å². The van der Waals surface area contributed by atoms with Crippen LogP contribution in [0.15, 0.2) is 90.5 Å². The smallest absolute Gasteiger partial charge is 0.434 e. The largest absolute Gasteiger partial charge is 0.497 e. The quantitative estimate of drug-likeness (QED) is 0.188. The molecule has 3 rings (SSSR count). The SMILES string of the molecule is CCCCCC/C(=C\c1cccc(OC)c1)CP(=O)(Oc1ccccc1)Oc1ccccc1. The fourth-order valence-corrected chi connectivity index (χ4v) is 5.36.